The van der Waals surface area contributed by atoms with Gasteiger partial charge in [0.2, 0.25) is 0 Å². The quantitative estimate of drug-likeness (QED) is 0.866. The Bertz CT molecular complexity index is 558. The topological polar surface area (TPSA) is 53.1 Å². The number of rotatable bonds is 6. The van der Waals surface area contributed by atoms with E-state index >= 15 is 0 Å². The van der Waals surface area contributed by atoms with E-state index < -0.39 is 0 Å². The van der Waals surface area contributed by atoms with Crippen LogP contribution in [0.2, 0.25) is 0 Å². The van der Waals surface area contributed by atoms with Gasteiger partial charge in [-0.1, -0.05) is 0 Å². The molecule has 1 fully saturated rings. The van der Waals surface area contributed by atoms with Gasteiger partial charge in [0.1, 0.15) is 12.4 Å². The lowest BCUT2D eigenvalue weighted by Gasteiger charge is -2.05. The molecule has 1 atom stereocenters. The first-order chi connectivity index (χ1) is 9.24. The molecular formula is C15H21N3O. The highest BCUT2D eigenvalue weighted by molar-refractivity contribution is 5.80. The number of ether oxygens (including phenoxy) is 1. The van der Waals surface area contributed by atoms with Gasteiger partial charge in [-0.15, -0.1) is 0 Å². The summed E-state index contributed by atoms with van der Waals surface area (Å²) in [4.78, 5) is 4.46. The van der Waals surface area contributed by atoms with Gasteiger partial charge in [0.15, 0.2) is 0 Å². The molecule has 0 saturated heterocycles. The highest BCUT2D eigenvalue weighted by atomic mass is 16.5. The maximum absolute atomic E-state index is 5.91. The van der Waals surface area contributed by atoms with E-state index in [0.717, 1.165) is 24.6 Å². The first kappa shape index (κ1) is 12.6. The number of pyridine rings is 1. The zero-order chi connectivity index (χ0) is 13.2. The maximum atomic E-state index is 5.91. The normalized spacial score (nSPS) is 16.9. The third-order valence-electron chi connectivity index (χ3n) is 3.54. The van der Waals surface area contributed by atoms with Gasteiger partial charge in [-0.2, -0.15) is 0 Å². The fourth-order valence-corrected chi connectivity index (χ4v) is 2.41. The van der Waals surface area contributed by atoms with Crippen LogP contribution in [0.1, 0.15) is 25.3 Å². The van der Waals surface area contributed by atoms with Gasteiger partial charge in [-0.05, 0) is 49.8 Å². The molecule has 0 aromatic carbocycles. The average Bonchev–Trinajstić information content (AvgIpc) is 3.14. The largest absolute Gasteiger partial charge is 0.360 e. The van der Waals surface area contributed by atoms with Crippen LogP contribution in [0.5, 0.6) is 0 Å². The second-order valence-corrected chi connectivity index (χ2v) is 5.62. The predicted octanol–water partition coefficient (Wildman–Crippen LogP) is 2.31. The van der Waals surface area contributed by atoms with Crippen LogP contribution in [0.4, 0.5) is 0 Å². The molecule has 0 aliphatic heterocycles. The second kappa shape index (κ2) is 5.31. The SMILES string of the molecule is CC(N)Cc1cn(COCC2CC2)c2ncccc12. The first-order valence-corrected chi connectivity index (χ1v) is 7.00. The summed E-state index contributed by atoms with van der Waals surface area (Å²) in [5, 5.41) is 1.19. The maximum Gasteiger partial charge on any atom is 0.142 e. The summed E-state index contributed by atoms with van der Waals surface area (Å²) < 4.78 is 7.85. The lowest BCUT2D eigenvalue weighted by molar-refractivity contribution is 0.0713. The Kier molecular flexibility index (Phi) is 3.53. The molecule has 1 unspecified atom stereocenters. The summed E-state index contributed by atoms with van der Waals surface area (Å²) in [6, 6.07) is 4.24. The summed E-state index contributed by atoms with van der Waals surface area (Å²) in [6.07, 6.45) is 7.47. The Morgan fingerprint density at radius 2 is 2.37 bits per heavy atom. The minimum atomic E-state index is 0.159. The molecule has 0 spiro atoms. The van der Waals surface area contributed by atoms with Gasteiger partial charge in [0, 0.05) is 23.8 Å². The zero-order valence-corrected chi connectivity index (χ0v) is 11.4. The number of hydrogen-bond acceptors (Lipinski definition) is 3. The molecule has 0 bridgehead atoms. The zero-order valence-electron chi connectivity index (χ0n) is 11.4. The van der Waals surface area contributed by atoms with Crippen LogP contribution < -0.4 is 5.73 Å². The molecule has 4 heteroatoms. The fraction of sp³-hybridized carbons (Fsp3) is 0.533. The van der Waals surface area contributed by atoms with Crippen molar-refractivity contribution < 1.29 is 4.74 Å². The van der Waals surface area contributed by atoms with Crippen molar-refractivity contribution >= 4 is 11.0 Å². The van der Waals surface area contributed by atoms with Crippen molar-refractivity contribution in [2.24, 2.45) is 11.7 Å². The van der Waals surface area contributed by atoms with Crippen molar-refractivity contribution in [3.8, 4) is 0 Å². The molecule has 0 radical (unpaired) electrons. The van der Waals surface area contributed by atoms with Crippen molar-refractivity contribution in [3.05, 3.63) is 30.1 Å². The van der Waals surface area contributed by atoms with Crippen LogP contribution in [0.15, 0.2) is 24.5 Å². The standard InChI is InChI=1S/C15H21N3O/c1-11(16)7-13-8-18(10-19-9-12-4-5-12)15-14(13)3-2-6-17-15/h2-3,6,8,11-12H,4-5,7,9-10,16H2,1H3. The van der Waals surface area contributed by atoms with Gasteiger partial charge in [-0.3, -0.25) is 0 Å². The van der Waals surface area contributed by atoms with Gasteiger partial charge in [0.25, 0.3) is 0 Å². The molecule has 1 saturated carbocycles. The average molecular weight is 259 g/mol. The highest BCUT2D eigenvalue weighted by Crippen LogP contribution is 2.29. The number of nitrogens with zero attached hydrogens (tertiary/aromatic N) is 2. The van der Waals surface area contributed by atoms with E-state index in [0.29, 0.717) is 6.73 Å². The van der Waals surface area contributed by atoms with Gasteiger partial charge >= 0.3 is 0 Å². The third kappa shape index (κ3) is 2.96. The molecule has 2 aromatic heterocycles. The van der Waals surface area contributed by atoms with E-state index in [2.05, 4.69) is 21.8 Å². The van der Waals surface area contributed by atoms with Crippen LogP contribution in [0, 0.1) is 5.92 Å². The molecule has 2 N–H and O–H groups in total. The minimum absolute atomic E-state index is 0.159. The van der Waals surface area contributed by atoms with E-state index in [1.807, 2.05) is 19.2 Å². The van der Waals surface area contributed by atoms with Gasteiger partial charge in [-0.25, -0.2) is 4.98 Å². The molecule has 102 valence electrons. The molecule has 19 heavy (non-hydrogen) atoms. The Morgan fingerprint density at radius 1 is 1.53 bits per heavy atom. The molecular weight excluding hydrogens is 238 g/mol. The van der Waals surface area contributed by atoms with E-state index in [9.17, 15) is 0 Å². The molecule has 1 aliphatic rings. The summed E-state index contributed by atoms with van der Waals surface area (Å²) in [5.41, 5.74) is 8.16. The Balaban J connectivity index is 1.81. The van der Waals surface area contributed by atoms with E-state index in [4.69, 9.17) is 10.5 Å². The van der Waals surface area contributed by atoms with Crippen molar-refractivity contribution in [2.75, 3.05) is 6.61 Å². The summed E-state index contributed by atoms with van der Waals surface area (Å²) in [7, 11) is 0. The molecule has 4 nitrogen and oxygen atoms in total. The fourth-order valence-electron chi connectivity index (χ4n) is 2.41. The minimum Gasteiger partial charge on any atom is -0.360 e. The number of aromatic nitrogens is 2. The van der Waals surface area contributed by atoms with E-state index in [1.54, 1.807) is 0 Å². The van der Waals surface area contributed by atoms with Gasteiger partial charge in [0.05, 0.1) is 6.61 Å². The highest BCUT2D eigenvalue weighted by Gasteiger charge is 2.21. The molecule has 0 amide bonds. The van der Waals surface area contributed by atoms with Crippen LogP contribution in [0.25, 0.3) is 11.0 Å². The first-order valence-electron chi connectivity index (χ1n) is 7.00. The third-order valence-corrected chi connectivity index (χ3v) is 3.54. The summed E-state index contributed by atoms with van der Waals surface area (Å²) >= 11 is 0. The van der Waals surface area contributed by atoms with Crippen molar-refractivity contribution in [1.82, 2.24) is 9.55 Å². The van der Waals surface area contributed by atoms with E-state index in [-0.39, 0.29) is 6.04 Å². The van der Waals surface area contributed by atoms with Crippen LogP contribution >= 0.6 is 0 Å². The van der Waals surface area contributed by atoms with E-state index in [1.165, 1.54) is 23.8 Å². The number of nitrogens with two attached hydrogens (primary N) is 1. The van der Waals surface area contributed by atoms with Crippen LogP contribution in [-0.4, -0.2) is 22.2 Å². The molecule has 2 aromatic rings. The van der Waals surface area contributed by atoms with Crippen molar-refractivity contribution in [2.45, 2.75) is 39.0 Å². The Morgan fingerprint density at radius 3 is 3.11 bits per heavy atom. The number of fused-ring (bicyclic) bond motifs is 1. The summed E-state index contributed by atoms with van der Waals surface area (Å²) in [5.74, 6) is 0.790. The monoisotopic (exact) mass is 259 g/mol. The second-order valence-electron chi connectivity index (χ2n) is 5.62. The molecule has 2 heterocycles. The van der Waals surface area contributed by atoms with Crippen LogP contribution in [-0.2, 0) is 17.9 Å². The van der Waals surface area contributed by atoms with Crippen LogP contribution in [0.3, 0.4) is 0 Å². The lowest BCUT2D eigenvalue weighted by Crippen LogP contribution is -2.17. The van der Waals surface area contributed by atoms with Gasteiger partial charge < -0.3 is 15.0 Å². The predicted molar refractivity (Wildman–Crippen MR) is 75.8 cm³/mol. The Labute approximate surface area is 113 Å². The lowest BCUT2D eigenvalue weighted by atomic mass is 10.1. The summed E-state index contributed by atoms with van der Waals surface area (Å²) in [6.45, 7) is 3.49. The smallest absolute Gasteiger partial charge is 0.142 e. The van der Waals surface area contributed by atoms with Crippen molar-refractivity contribution in [1.29, 1.82) is 0 Å². The van der Waals surface area contributed by atoms with Crippen molar-refractivity contribution in [3.63, 3.8) is 0 Å². The molecule has 1 aliphatic carbocycles. The Hall–Kier alpha value is -1.39. The number of hydrogen-bond donors (Lipinski definition) is 1. The molecule has 3 rings (SSSR count).